The van der Waals surface area contributed by atoms with Crippen LogP contribution >= 0.6 is 0 Å². The molecule has 0 aromatic carbocycles. The van der Waals surface area contributed by atoms with Gasteiger partial charge in [0.15, 0.2) is 0 Å². The van der Waals surface area contributed by atoms with E-state index in [9.17, 15) is 0 Å². The maximum absolute atomic E-state index is 5.50. The number of nitrogens with one attached hydrogen (secondary N) is 2. The van der Waals surface area contributed by atoms with Crippen LogP contribution in [0.4, 0.5) is 0 Å². The lowest BCUT2D eigenvalue weighted by Crippen LogP contribution is -1.87. The van der Waals surface area contributed by atoms with Crippen molar-refractivity contribution in [3.63, 3.8) is 0 Å². The van der Waals surface area contributed by atoms with E-state index in [4.69, 9.17) is 15.8 Å². The van der Waals surface area contributed by atoms with Crippen LogP contribution in [-0.2, 0) is 4.74 Å². The van der Waals surface area contributed by atoms with Crippen molar-refractivity contribution in [2.24, 2.45) is 0 Å². The molecule has 0 fully saturated rings. The number of hydrogen-bond acceptors (Lipinski definition) is 3. The van der Waals surface area contributed by atoms with E-state index in [2.05, 4.69) is 13.2 Å². The van der Waals surface area contributed by atoms with Gasteiger partial charge in [-0.1, -0.05) is 12.2 Å². The second kappa shape index (κ2) is 15.7. The lowest BCUT2D eigenvalue weighted by atomic mass is 10.6. The average Bonchev–Trinajstić information content (AvgIpc) is 1.91. The number of hydrogen-bond donors (Lipinski definition) is 2. The Kier molecular flexibility index (Phi) is 18.1. The molecule has 2 N–H and O–H groups in total. The molecule has 0 aromatic heterocycles. The van der Waals surface area contributed by atoms with Gasteiger partial charge in [-0.2, -0.15) is 0 Å². The van der Waals surface area contributed by atoms with Gasteiger partial charge < -0.3 is 4.74 Å². The summed E-state index contributed by atoms with van der Waals surface area (Å²) < 4.78 is 4.90. The van der Waals surface area contributed by atoms with Gasteiger partial charge in [0, 0.05) is 0 Å². The van der Waals surface area contributed by atoms with E-state index in [1.54, 1.807) is 12.2 Å². The molecule has 56 valence electrons. The fraction of sp³-hybridized carbons (Fsp3) is 0.333. The molecule has 0 rings (SSSR count). The molecule has 0 heterocycles. The summed E-state index contributed by atoms with van der Waals surface area (Å²) in [7, 11) is 0. The zero-order chi connectivity index (χ0) is 8.24. The summed E-state index contributed by atoms with van der Waals surface area (Å²) in [6, 6.07) is 0. The predicted octanol–water partition coefficient (Wildman–Crippen LogP) is 1.49. The van der Waals surface area contributed by atoms with Crippen LogP contribution in [0, 0.1) is 11.1 Å². The van der Waals surface area contributed by atoms with Gasteiger partial charge in [0.25, 0.3) is 0 Å². The van der Waals surface area contributed by atoms with Gasteiger partial charge in [-0.3, -0.25) is 0 Å². The molecule has 0 radical (unpaired) electrons. The highest BCUT2D eigenvalue weighted by atomic mass is 16.5. The van der Waals surface area contributed by atoms with E-state index in [1.807, 2.05) is 4.91 Å². The van der Waals surface area contributed by atoms with Gasteiger partial charge in [-0.15, -0.1) is 13.2 Å². The van der Waals surface area contributed by atoms with Crippen molar-refractivity contribution in [1.82, 2.24) is 4.91 Å². The predicted molar refractivity (Wildman–Crippen MR) is 38.8 cm³/mol. The lowest BCUT2D eigenvalue weighted by Gasteiger charge is -1.89. The minimum absolute atomic E-state index is 0.617. The van der Waals surface area contributed by atoms with Crippen molar-refractivity contribution in [3.05, 3.63) is 25.3 Å². The SMILES string of the molecule is C=CCOCC=C.N=[N+]=N. The van der Waals surface area contributed by atoms with Crippen molar-refractivity contribution in [1.29, 1.82) is 11.1 Å². The third-order valence-electron chi connectivity index (χ3n) is 0.471. The molecule has 0 atom stereocenters. The zero-order valence-electron chi connectivity index (χ0n) is 5.84. The van der Waals surface area contributed by atoms with Crippen LogP contribution in [0.2, 0.25) is 0 Å². The summed E-state index contributed by atoms with van der Waals surface area (Å²) in [6.45, 7) is 8.18. The molecule has 0 aromatic rings. The van der Waals surface area contributed by atoms with Crippen LogP contribution in [-0.4, -0.2) is 13.2 Å². The van der Waals surface area contributed by atoms with Gasteiger partial charge in [-0.05, 0) is 0 Å². The Morgan fingerprint density at radius 1 is 1.20 bits per heavy atom. The van der Waals surface area contributed by atoms with Crippen LogP contribution in [0.3, 0.4) is 0 Å². The van der Waals surface area contributed by atoms with E-state index in [-0.39, 0.29) is 0 Å². The fourth-order valence-electron chi connectivity index (χ4n) is 0.235. The minimum Gasteiger partial charge on any atom is -0.373 e. The van der Waals surface area contributed by atoms with Crippen molar-refractivity contribution >= 4 is 0 Å². The Balaban J connectivity index is 0. The molecule has 10 heavy (non-hydrogen) atoms. The zero-order valence-corrected chi connectivity index (χ0v) is 5.84. The first-order valence-corrected chi connectivity index (χ1v) is 2.66. The third-order valence-corrected chi connectivity index (χ3v) is 0.471. The number of nitrogens with zero attached hydrogens (tertiary/aromatic N) is 1. The van der Waals surface area contributed by atoms with Gasteiger partial charge >= 0.3 is 0 Å². The standard InChI is InChI=1S/C6H10O.H2N3/c1-3-5-7-6-4-2;1-3-2/h3-4H,1-2,5-6H2;1-2H/q;+1. The van der Waals surface area contributed by atoms with Crippen LogP contribution in [0.1, 0.15) is 0 Å². The lowest BCUT2D eigenvalue weighted by molar-refractivity contribution is 0.194. The second-order valence-electron chi connectivity index (χ2n) is 1.23. The Morgan fingerprint density at radius 3 is 1.70 bits per heavy atom. The van der Waals surface area contributed by atoms with Crippen LogP contribution < -0.4 is 4.91 Å². The molecular weight excluding hydrogens is 130 g/mol. The molecule has 0 amide bonds. The average molecular weight is 142 g/mol. The topological polar surface area (TPSA) is 71.0 Å². The Hall–Kier alpha value is -1.25. The molecular formula is C6H12N3O+. The quantitative estimate of drug-likeness (QED) is 0.265. The van der Waals surface area contributed by atoms with Crippen molar-refractivity contribution in [2.75, 3.05) is 13.2 Å². The molecule has 0 aliphatic carbocycles. The molecule has 0 saturated carbocycles. The first kappa shape index (κ1) is 11.5. The number of rotatable bonds is 4. The van der Waals surface area contributed by atoms with E-state index in [0.717, 1.165) is 0 Å². The second-order valence-corrected chi connectivity index (χ2v) is 1.23. The molecule has 0 saturated heterocycles. The van der Waals surface area contributed by atoms with Crippen LogP contribution in [0.15, 0.2) is 25.3 Å². The molecule has 0 bridgehead atoms. The van der Waals surface area contributed by atoms with Gasteiger partial charge in [0.2, 0.25) is 4.91 Å². The third kappa shape index (κ3) is 29.5. The highest BCUT2D eigenvalue weighted by Crippen LogP contribution is 1.72. The maximum atomic E-state index is 5.50. The first-order chi connectivity index (χ1) is 4.83. The monoisotopic (exact) mass is 142 g/mol. The van der Waals surface area contributed by atoms with E-state index in [1.165, 1.54) is 0 Å². The number of ether oxygens (including phenoxy) is 1. The van der Waals surface area contributed by atoms with Crippen LogP contribution in [0.5, 0.6) is 0 Å². The molecule has 0 spiro atoms. The minimum atomic E-state index is 0.617. The Bertz CT molecular complexity index is 108. The molecule has 0 aliphatic heterocycles. The molecule has 0 unspecified atom stereocenters. The van der Waals surface area contributed by atoms with Crippen molar-refractivity contribution in [2.45, 2.75) is 0 Å². The van der Waals surface area contributed by atoms with Crippen LogP contribution in [0.25, 0.3) is 0 Å². The van der Waals surface area contributed by atoms with E-state index in [0.29, 0.717) is 13.2 Å². The largest absolute Gasteiger partial charge is 0.373 e. The van der Waals surface area contributed by atoms with Crippen molar-refractivity contribution < 1.29 is 4.74 Å². The van der Waals surface area contributed by atoms with E-state index < -0.39 is 0 Å². The van der Waals surface area contributed by atoms with Gasteiger partial charge in [-0.25, -0.2) is 0 Å². The normalized spacial score (nSPS) is 6.40. The molecule has 0 aliphatic rings. The summed E-state index contributed by atoms with van der Waals surface area (Å²) in [5.74, 6) is 0. The van der Waals surface area contributed by atoms with E-state index >= 15 is 0 Å². The molecule has 4 heteroatoms. The summed E-state index contributed by atoms with van der Waals surface area (Å²) in [6.07, 6.45) is 3.42. The highest BCUT2D eigenvalue weighted by molar-refractivity contribution is 4.68. The summed E-state index contributed by atoms with van der Waals surface area (Å²) in [5, 5.41) is 0. The highest BCUT2D eigenvalue weighted by Gasteiger charge is 1.70. The first-order valence-electron chi connectivity index (χ1n) is 2.66. The van der Waals surface area contributed by atoms with Gasteiger partial charge in [0.1, 0.15) is 11.1 Å². The smallest absolute Gasteiger partial charge is 0.211 e. The summed E-state index contributed by atoms with van der Waals surface area (Å²) >= 11 is 0. The summed E-state index contributed by atoms with van der Waals surface area (Å²) in [5.41, 5.74) is 11.0. The Labute approximate surface area is 60.2 Å². The van der Waals surface area contributed by atoms with Gasteiger partial charge in [0.05, 0.1) is 13.2 Å². The van der Waals surface area contributed by atoms with Crippen molar-refractivity contribution in [3.8, 4) is 0 Å². The Morgan fingerprint density at radius 2 is 1.50 bits per heavy atom. The summed E-state index contributed by atoms with van der Waals surface area (Å²) in [4.78, 5) is 2.00. The fourth-order valence-corrected chi connectivity index (χ4v) is 0.235. The molecule has 4 nitrogen and oxygen atoms in total. The maximum Gasteiger partial charge on any atom is 0.211 e.